The molecule has 1 atom stereocenters. The summed E-state index contributed by atoms with van der Waals surface area (Å²) in [6.07, 6.45) is 0. The molecule has 3 aromatic carbocycles. The molecule has 0 bridgehead atoms. The number of carbonyl (C=O) groups excluding carboxylic acids is 1. The fraction of sp³-hybridized carbons (Fsp3) is 0.0833. The van der Waals surface area contributed by atoms with Crippen molar-refractivity contribution in [3.8, 4) is 16.9 Å². The van der Waals surface area contributed by atoms with Crippen molar-refractivity contribution in [2.75, 3.05) is 11.1 Å². The molecule has 156 valence electrons. The fourth-order valence-electron chi connectivity index (χ4n) is 3.30. The SMILES string of the molecule is C[C@@H](NC(=O)Nc1c(-c2ccccc2)nn(-c2ccc(Cl)cc2)c1N)c1ccccc1. The Morgan fingerprint density at radius 1 is 0.968 bits per heavy atom. The van der Waals surface area contributed by atoms with Gasteiger partial charge in [0.2, 0.25) is 0 Å². The van der Waals surface area contributed by atoms with E-state index in [0.29, 0.717) is 22.2 Å². The number of nitrogen functional groups attached to an aromatic ring is 1. The van der Waals surface area contributed by atoms with E-state index in [4.69, 9.17) is 17.3 Å². The average Bonchev–Trinajstić information content (AvgIpc) is 3.11. The second-order valence-electron chi connectivity index (χ2n) is 7.09. The highest BCUT2D eigenvalue weighted by atomic mass is 35.5. The summed E-state index contributed by atoms with van der Waals surface area (Å²) in [6, 6.07) is 26.0. The molecule has 6 nitrogen and oxygen atoms in total. The number of nitrogens with two attached hydrogens (primary N) is 1. The van der Waals surface area contributed by atoms with Gasteiger partial charge in [-0.3, -0.25) is 0 Å². The summed E-state index contributed by atoms with van der Waals surface area (Å²) in [4.78, 5) is 12.8. The Balaban J connectivity index is 1.67. The van der Waals surface area contributed by atoms with E-state index < -0.39 is 0 Å². The molecule has 0 aliphatic heterocycles. The molecule has 4 rings (SSSR count). The lowest BCUT2D eigenvalue weighted by molar-refractivity contribution is 0.249. The molecule has 0 unspecified atom stereocenters. The number of rotatable bonds is 5. The molecule has 7 heteroatoms. The molecular formula is C24H22ClN5O. The smallest absolute Gasteiger partial charge is 0.319 e. The van der Waals surface area contributed by atoms with Crippen molar-refractivity contribution >= 4 is 29.1 Å². The number of nitrogens with one attached hydrogen (secondary N) is 2. The van der Waals surface area contributed by atoms with E-state index in [2.05, 4.69) is 15.7 Å². The number of aromatic nitrogens is 2. The zero-order valence-electron chi connectivity index (χ0n) is 16.9. The van der Waals surface area contributed by atoms with Crippen LogP contribution in [0.3, 0.4) is 0 Å². The predicted molar refractivity (Wildman–Crippen MR) is 125 cm³/mol. The van der Waals surface area contributed by atoms with Gasteiger partial charge >= 0.3 is 6.03 Å². The van der Waals surface area contributed by atoms with E-state index in [1.807, 2.05) is 79.7 Å². The van der Waals surface area contributed by atoms with Gasteiger partial charge in [-0.05, 0) is 36.8 Å². The molecule has 31 heavy (non-hydrogen) atoms. The first-order chi connectivity index (χ1) is 15.0. The second-order valence-corrected chi connectivity index (χ2v) is 7.53. The Bertz CT molecular complexity index is 1170. The van der Waals surface area contributed by atoms with Gasteiger partial charge in [0.1, 0.15) is 11.4 Å². The highest BCUT2D eigenvalue weighted by molar-refractivity contribution is 6.30. The highest BCUT2D eigenvalue weighted by Crippen LogP contribution is 2.34. The minimum atomic E-state index is -0.365. The number of anilines is 2. The number of nitrogens with zero attached hydrogens (tertiary/aromatic N) is 2. The first kappa shape index (κ1) is 20.5. The molecule has 4 N–H and O–H groups in total. The molecule has 0 aliphatic carbocycles. The third-order valence-electron chi connectivity index (χ3n) is 4.93. The topological polar surface area (TPSA) is 85.0 Å². The number of carbonyl (C=O) groups is 1. The van der Waals surface area contributed by atoms with E-state index in [1.54, 1.807) is 16.8 Å². The van der Waals surface area contributed by atoms with Crippen LogP contribution in [0, 0.1) is 0 Å². The van der Waals surface area contributed by atoms with Crippen LogP contribution in [-0.2, 0) is 0 Å². The minimum Gasteiger partial charge on any atom is -0.382 e. The summed E-state index contributed by atoms with van der Waals surface area (Å²) in [6.45, 7) is 1.92. The molecule has 1 heterocycles. The van der Waals surface area contributed by atoms with Gasteiger partial charge < -0.3 is 16.4 Å². The normalized spacial score (nSPS) is 11.7. The quantitative estimate of drug-likeness (QED) is 0.381. The van der Waals surface area contributed by atoms with Gasteiger partial charge in [-0.2, -0.15) is 5.10 Å². The lowest BCUT2D eigenvalue weighted by Crippen LogP contribution is -2.31. The Hall–Kier alpha value is -3.77. The van der Waals surface area contributed by atoms with Crippen LogP contribution in [0.1, 0.15) is 18.5 Å². The van der Waals surface area contributed by atoms with Crippen molar-refractivity contribution in [1.82, 2.24) is 15.1 Å². The fourth-order valence-corrected chi connectivity index (χ4v) is 3.43. The van der Waals surface area contributed by atoms with Gasteiger partial charge in [-0.25, -0.2) is 9.48 Å². The lowest BCUT2D eigenvalue weighted by atomic mass is 10.1. The first-order valence-electron chi connectivity index (χ1n) is 9.85. The molecule has 0 spiro atoms. The molecule has 0 fully saturated rings. The number of urea groups is 1. The Labute approximate surface area is 185 Å². The summed E-state index contributed by atoms with van der Waals surface area (Å²) in [7, 11) is 0. The van der Waals surface area contributed by atoms with E-state index in [1.165, 1.54) is 0 Å². The van der Waals surface area contributed by atoms with Crippen LogP contribution in [0.5, 0.6) is 0 Å². The monoisotopic (exact) mass is 431 g/mol. The predicted octanol–water partition coefficient (Wildman–Crippen LogP) is 5.66. The lowest BCUT2D eigenvalue weighted by Gasteiger charge is -2.15. The van der Waals surface area contributed by atoms with E-state index in [-0.39, 0.29) is 12.1 Å². The Morgan fingerprint density at radius 3 is 2.23 bits per heavy atom. The standard InChI is InChI=1S/C24H22ClN5O/c1-16(17-8-4-2-5-9-17)27-24(31)28-22-21(18-10-6-3-7-11-18)29-30(23(22)26)20-14-12-19(25)13-15-20/h2-16H,26H2,1H3,(H2,27,28,31)/t16-/m1/s1. The van der Waals surface area contributed by atoms with Crippen LogP contribution in [0.4, 0.5) is 16.3 Å². The third kappa shape index (κ3) is 4.54. The zero-order valence-corrected chi connectivity index (χ0v) is 17.7. The van der Waals surface area contributed by atoms with Gasteiger partial charge in [-0.15, -0.1) is 0 Å². The molecule has 4 aromatic rings. The van der Waals surface area contributed by atoms with Gasteiger partial charge in [0, 0.05) is 10.6 Å². The van der Waals surface area contributed by atoms with Crippen LogP contribution < -0.4 is 16.4 Å². The van der Waals surface area contributed by atoms with E-state index in [9.17, 15) is 4.79 Å². The van der Waals surface area contributed by atoms with Crippen LogP contribution in [0.15, 0.2) is 84.9 Å². The second kappa shape index (κ2) is 8.93. The van der Waals surface area contributed by atoms with Crippen molar-refractivity contribution in [2.24, 2.45) is 0 Å². The summed E-state index contributed by atoms with van der Waals surface area (Å²) >= 11 is 6.01. The Kier molecular flexibility index (Phi) is 5.91. The minimum absolute atomic E-state index is 0.172. The molecule has 0 aliphatic rings. The van der Waals surface area contributed by atoms with Crippen molar-refractivity contribution < 1.29 is 4.79 Å². The summed E-state index contributed by atoms with van der Waals surface area (Å²) in [5.41, 5.74) is 10.0. The zero-order chi connectivity index (χ0) is 21.8. The van der Waals surface area contributed by atoms with Crippen LogP contribution in [-0.4, -0.2) is 15.8 Å². The maximum Gasteiger partial charge on any atom is 0.319 e. The average molecular weight is 432 g/mol. The maximum atomic E-state index is 12.8. The molecule has 2 amide bonds. The van der Waals surface area contributed by atoms with Crippen molar-refractivity contribution in [3.63, 3.8) is 0 Å². The van der Waals surface area contributed by atoms with Crippen LogP contribution >= 0.6 is 11.6 Å². The van der Waals surface area contributed by atoms with E-state index >= 15 is 0 Å². The van der Waals surface area contributed by atoms with Gasteiger partial charge in [0.25, 0.3) is 0 Å². The van der Waals surface area contributed by atoms with Gasteiger partial charge in [0.05, 0.1) is 11.7 Å². The van der Waals surface area contributed by atoms with Gasteiger partial charge in [0.15, 0.2) is 5.82 Å². The van der Waals surface area contributed by atoms with Crippen molar-refractivity contribution in [1.29, 1.82) is 0 Å². The molecule has 0 saturated heterocycles. The molecule has 0 saturated carbocycles. The molecule has 1 aromatic heterocycles. The summed E-state index contributed by atoms with van der Waals surface area (Å²) in [5.74, 6) is 0.323. The molecular weight excluding hydrogens is 410 g/mol. The van der Waals surface area contributed by atoms with Crippen LogP contribution in [0.25, 0.3) is 16.9 Å². The summed E-state index contributed by atoms with van der Waals surface area (Å²) in [5, 5.41) is 11.1. The number of benzene rings is 3. The largest absolute Gasteiger partial charge is 0.382 e. The Morgan fingerprint density at radius 2 is 1.58 bits per heavy atom. The van der Waals surface area contributed by atoms with Crippen molar-refractivity contribution in [2.45, 2.75) is 13.0 Å². The number of halogens is 1. The number of amides is 2. The highest BCUT2D eigenvalue weighted by Gasteiger charge is 2.21. The van der Waals surface area contributed by atoms with E-state index in [0.717, 1.165) is 16.8 Å². The number of hydrogen-bond acceptors (Lipinski definition) is 3. The maximum absolute atomic E-state index is 12.8. The third-order valence-corrected chi connectivity index (χ3v) is 5.18. The first-order valence-corrected chi connectivity index (χ1v) is 10.2. The number of hydrogen-bond donors (Lipinski definition) is 3. The summed E-state index contributed by atoms with van der Waals surface area (Å²) < 4.78 is 1.59. The van der Waals surface area contributed by atoms with Crippen LogP contribution in [0.2, 0.25) is 5.02 Å². The molecule has 0 radical (unpaired) electrons. The van der Waals surface area contributed by atoms with Crippen molar-refractivity contribution in [3.05, 3.63) is 95.5 Å². The van der Waals surface area contributed by atoms with Gasteiger partial charge in [-0.1, -0.05) is 72.3 Å².